The lowest BCUT2D eigenvalue weighted by molar-refractivity contribution is 0.232. The van der Waals surface area contributed by atoms with Crippen LogP contribution in [0.5, 0.6) is 0 Å². The first-order chi connectivity index (χ1) is 8.67. The number of hydrogen-bond donors (Lipinski definition) is 1. The van der Waals surface area contributed by atoms with Crippen LogP contribution in [-0.2, 0) is 0 Å². The van der Waals surface area contributed by atoms with E-state index in [4.69, 9.17) is 17.3 Å². The average molecular weight is 270 g/mol. The second-order valence-electron chi connectivity index (χ2n) is 4.51. The second kappa shape index (κ2) is 5.71. The third kappa shape index (κ3) is 2.52. The first kappa shape index (κ1) is 13.4. The van der Waals surface area contributed by atoms with Gasteiger partial charge in [-0.25, -0.2) is 9.97 Å². The number of nitrogen functional groups attached to an aromatic ring is 1. The molecule has 0 spiro atoms. The normalized spacial score (nSPS) is 19.8. The molecule has 6 heteroatoms. The van der Waals surface area contributed by atoms with Crippen molar-refractivity contribution >= 4 is 23.2 Å². The van der Waals surface area contributed by atoms with Crippen LogP contribution in [0.4, 0.5) is 11.6 Å². The second-order valence-corrected chi connectivity index (χ2v) is 4.88. The molecule has 1 fully saturated rings. The molecule has 0 saturated carbocycles. The van der Waals surface area contributed by atoms with Gasteiger partial charge >= 0.3 is 0 Å². The number of nitrogens with two attached hydrogens (primary N) is 1. The molecule has 0 radical (unpaired) electrons. The summed E-state index contributed by atoms with van der Waals surface area (Å²) in [5.41, 5.74) is 5.71. The lowest BCUT2D eigenvalue weighted by Crippen LogP contribution is -2.37. The van der Waals surface area contributed by atoms with E-state index in [9.17, 15) is 0 Å². The monoisotopic (exact) mass is 269 g/mol. The molecule has 5 nitrogen and oxygen atoms in total. The Morgan fingerprint density at radius 3 is 2.83 bits per heavy atom. The van der Waals surface area contributed by atoms with Gasteiger partial charge in [-0.15, -0.1) is 0 Å². The van der Waals surface area contributed by atoms with Gasteiger partial charge in [0.15, 0.2) is 5.82 Å². The van der Waals surface area contributed by atoms with Crippen molar-refractivity contribution in [2.45, 2.75) is 26.3 Å². The highest BCUT2D eigenvalue weighted by molar-refractivity contribution is 6.35. The standard InChI is InChI=1S/C12H20ClN5/c1-3-17(4-2)9-5-6-18(7-9)12-10(13)11(14)15-8-16-12/h8-9H,3-7H2,1-2H3,(H2,14,15,16). The third-order valence-corrected chi connectivity index (χ3v) is 3.95. The Morgan fingerprint density at radius 2 is 2.17 bits per heavy atom. The molecule has 100 valence electrons. The zero-order valence-electron chi connectivity index (χ0n) is 10.9. The van der Waals surface area contributed by atoms with Gasteiger partial charge in [-0.05, 0) is 19.5 Å². The summed E-state index contributed by atoms with van der Waals surface area (Å²) in [6.45, 7) is 8.47. The van der Waals surface area contributed by atoms with Crippen molar-refractivity contribution in [3.05, 3.63) is 11.3 Å². The topological polar surface area (TPSA) is 58.3 Å². The van der Waals surface area contributed by atoms with Crippen LogP contribution in [0, 0.1) is 0 Å². The largest absolute Gasteiger partial charge is 0.382 e. The van der Waals surface area contributed by atoms with Gasteiger partial charge in [-0.3, -0.25) is 4.90 Å². The maximum Gasteiger partial charge on any atom is 0.153 e. The number of likely N-dealkylation sites (N-methyl/N-ethyl adjacent to an activating group) is 1. The van der Waals surface area contributed by atoms with Crippen molar-refractivity contribution < 1.29 is 0 Å². The quantitative estimate of drug-likeness (QED) is 0.900. The van der Waals surface area contributed by atoms with Crippen molar-refractivity contribution in [2.75, 3.05) is 36.8 Å². The van der Waals surface area contributed by atoms with Crippen molar-refractivity contribution in [1.82, 2.24) is 14.9 Å². The summed E-state index contributed by atoms with van der Waals surface area (Å²) in [6, 6.07) is 0.576. The highest BCUT2D eigenvalue weighted by atomic mass is 35.5. The lowest BCUT2D eigenvalue weighted by atomic mass is 10.2. The molecule has 1 saturated heterocycles. The summed E-state index contributed by atoms with van der Waals surface area (Å²) in [6.07, 6.45) is 2.61. The summed E-state index contributed by atoms with van der Waals surface area (Å²) in [5, 5.41) is 0.470. The van der Waals surface area contributed by atoms with Crippen LogP contribution in [-0.4, -0.2) is 47.1 Å². The molecule has 1 unspecified atom stereocenters. The summed E-state index contributed by atoms with van der Waals surface area (Å²) < 4.78 is 0. The minimum absolute atomic E-state index is 0.355. The molecule has 2 N–H and O–H groups in total. The third-order valence-electron chi connectivity index (χ3n) is 3.59. The van der Waals surface area contributed by atoms with Gasteiger partial charge < -0.3 is 10.6 Å². The molecule has 0 aliphatic carbocycles. The number of nitrogens with zero attached hydrogens (tertiary/aromatic N) is 4. The Balaban J connectivity index is 2.11. The molecule has 0 amide bonds. The number of rotatable bonds is 4. The zero-order valence-corrected chi connectivity index (χ0v) is 11.7. The number of halogens is 1. The van der Waals surface area contributed by atoms with Crippen molar-refractivity contribution in [1.29, 1.82) is 0 Å². The highest BCUT2D eigenvalue weighted by Crippen LogP contribution is 2.30. The molecule has 1 aromatic heterocycles. The molecule has 0 bridgehead atoms. The van der Waals surface area contributed by atoms with Gasteiger partial charge in [0, 0.05) is 19.1 Å². The summed E-state index contributed by atoms with van der Waals surface area (Å²) in [7, 11) is 0. The van der Waals surface area contributed by atoms with Crippen molar-refractivity contribution in [2.24, 2.45) is 0 Å². The predicted molar refractivity (Wildman–Crippen MR) is 75.0 cm³/mol. The van der Waals surface area contributed by atoms with E-state index in [2.05, 4.69) is 33.6 Å². The van der Waals surface area contributed by atoms with Gasteiger partial charge in [-0.1, -0.05) is 25.4 Å². The van der Waals surface area contributed by atoms with Crippen LogP contribution in [0.1, 0.15) is 20.3 Å². The maximum absolute atomic E-state index is 6.16. The minimum Gasteiger partial charge on any atom is -0.382 e. The van der Waals surface area contributed by atoms with Gasteiger partial charge in [0.05, 0.1) is 0 Å². The van der Waals surface area contributed by atoms with Crippen LogP contribution < -0.4 is 10.6 Å². The highest BCUT2D eigenvalue weighted by Gasteiger charge is 2.28. The minimum atomic E-state index is 0.355. The fourth-order valence-electron chi connectivity index (χ4n) is 2.57. The molecule has 18 heavy (non-hydrogen) atoms. The van der Waals surface area contributed by atoms with E-state index >= 15 is 0 Å². The van der Waals surface area contributed by atoms with E-state index < -0.39 is 0 Å². The molecule has 2 rings (SSSR count). The molecular formula is C12H20ClN5. The van der Waals surface area contributed by atoms with Gasteiger partial charge in [0.25, 0.3) is 0 Å². The molecular weight excluding hydrogens is 250 g/mol. The summed E-state index contributed by atoms with van der Waals surface area (Å²) in [4.78, 5) is 12.8. The smallest absolute Gasteiger partial charge is 0.153 e. The molecule has 1 aliphatic rings. The van der Waals surface area contributed by atoms with Gasteiger partial charge in [-0.2, -0.15) is 0 Å². The van der Waals surface area contributed by atoms with Crippen LogP contribution in [0.15, 0.2) is 6.33 Å². The fraction of sp³-hybridized carbons (Fsp3) is 0.667. The first-order valence-electron chi connectivity index (χ1n) is 6.42. The zero-order chi connectivity index (χ0) is 13.1. The van der Waals surface area contributed by atoms with E-state index in [-0.39, 0.29) is 0 Å². The molecule has 0 aromatic carbocycles. The van der Waals surface area contributed by atoms with E-state index in [1.807, 2.05) is 0 Å². The Bertz CT molecular complexity index is 407. The first-order valence-corrected chi connectivity index (χ1v) is 6.80. The van der Waals surface area contributed by atoms with E-state index in [1.54, 1.807) is 0 Å². The SMILES string of the molecule is CCN(CC)C1CCN(c2ncnc(N)c2Cl)C1. The number of anilines is 2. The van der Waals surface area contributed by atoms with Crippen LogP contribution in [0.3, 0.4) is 0 Å². The fourth-order valence-corrected chi connectivity index (χ4v) is 2.78. The molecule has 1 aromatic rings. The van der Waals surface area contributed by atoms with Gasteiger partial charge in [0.2, 0.25) is 0 Å². The van der Waals surface area contributed by atoms with Crippen LogP contribution in [0.25, 0.3) is 0 Å². The van der Waals surface area contributed by atoms with E-state index in [0.717, 1.165) is 38.4 Å². The molecule has 1 aliphatic heterocycles. The lowest BCUT2D eigenvalue weighted by Gasteiger charge is -2.26. The average Bonchev–Trinajstić information content (AvgIpc) is 2.84. The summed E-state index contributed by atoms with van der Waals surface area (Å²) >= 11 is 6.16. The predicted octanol–water partition coefficient (Wildman–Crippen LogP) is 1.63. The molecule has 1 atom stereocenters. The maximum atomic E-state index is 6.16. The Kier molecular flexibility index (Phi) is 4.24. The van der Waals surface area contributed by atoms with Gasteiger partial charge in [0.1, 0.15) is 17.2 Å². The van der Waals surface area contributed by atoms with Crippen molar-refractivity contribution in [3.8, 4) is 0 Å². The number of aromatic nitrogens is 2. The Morgan fingerprint density at radius 1 is 1.44 bits per heavy atom. The Labute approximate surface area is 113 Å². The van der Waals surface area contributed by atoms with E-state index in [1.165, 1.54) is 6.33 Å². The van der Waals surface area contributed by atoms with E-state index in [0.29, 0.717) is 16.9 Å². The molecule has 2 heterocycles. The van der Waals surface area contributed by atoms with Crippen LogP contribution >= 0.6 is 11.6 Å². The van der Waals surface area contributed by atoms with Crippen molar-refractivity contribution in [3.63, 3.8) is 0 Å². The van der Waals surface area contributed by atoms with Crippen LogP contribution in [0.2, 0.25) is 5.02 Å². The number of hydrogen-bond acceptors (Lipinski definition) is 5. The summed E-state index contributed by atoms with van der Waals surface area (Å²) in [5.74, 6) is 1.12. The Hall–Kier alpha value is -1.07.